The molecule has 0 aromatic heterocycles. The van der Waals surface area contributed by atoms with Gasteiger partial charge in [0, 0.05) is 24.8 Å². The van der Waals surface area contributed by atoms with Crippen molar-refractivity contribution in [2.24, 2.45) is 11.8 Å². The average Bonchev–Trinajstić information content (AvgIpc) is 2.31. The number of alkyl halides is 1. The number of rotatable bonds is 3. The van der Waals surface area contributed by atoms with Gasteiger partial charge in [0.1, 0.15) is 0 Å². The van der Waals surface area contributed by atoms with E-state index in [-0.39, 0.29) is 0 Å². The quantitative estimate of drug-likeness (QED) is 0.683. The molecule has 1 aliphatic rings. The van der Waals surface area contributed by atoms with Crippen LogP contribution in [0.1, 0.15) is 20.3 Å². The van der Waals surface area contributed by atoms with Crippen molar-refractivity contribution in [2.75, 3.05) is 18.4 Å². The van der Waals surface area contributed by atoms with E-state index < -0.39 is 0 Å². The molecule has 1 rings (SSSR count). The smallest absolute Gasteiger partial charge is 0.222 e. The van der Waals surface area contributed by atoms with E-state index in [4.69, 9.17) is 0 Å². The highest BCUT2D eigenvalue weighted by atomic mass is 79.9. The van der Waals surface area contributed by atoms with Crippen molar-refractivity contribution < 1.29 is 4.79 Å². The topological polar surface area (TPSA) is 20.3 Å². The van der Waals surface area contributed by atoms with Gasteiger partial charge in [0.05, 0.1) is 0 Å². The molecule has 0 spiro atoms. The van der Waals surface area contributed by atoms with Gasteiger partial charge < -0.3 is 4.90 Å². The summed E-state index contributed by atoms with van der Waals surface area (Å²) in [6.45, 7) is 6.16. The fourth-order valence-electron chi connectivity index (χ4n) is 1.57. The predicted molar refractivity (Wildman–Crippen MR) is 53.3 cm³/mol. The van der Waals surface area contributed by atoms with Gasteiger partial charge in [-0.3, -0.25) is 4.79 Å². The Labute approximate surface area is 82.4 Å². The first-order valence-electron chi connectivity index (χ1n) is 4.47. The molecule has 1 saturated heterocycles. The maximum absolute atomic E-state index is 11.4. The van der Waals surface area contributed by atoms with Crippen molar-refractivity contribution in [1.29, 1.82) is 0 Å². The van der Waals surface area contributed by atoms with Gasteiger partial charge in [0.15, 0.2) is 0 Å². The van der Waals surface area contributed by atoms with Crippen molar-refractivity contribution in [1.82, 2.24) is 4.90 Å². The molecule has 2 nitrogen and oxygen atoms in total. The third-order valence-electron chi connectivity index (χ3n) is 2.10. The van der Waals surface area contributed by atoms with Crippen molar-refractivity contribution in [3.63, 3.8) is 0 Å². The van der Waals surface area contributed by atoms with Gasteiger partial charge in [-0.2, -0.15) is 0 Å². The number of carbonyl (C=O) groups is 1. The fraction of sp³-hybridized carbons (Fsp3) is 0.889. The number of amides is 1. The minimum atomic E-state index is 0.327. The molecule has 1 unspecified atom stereocenters. The Morgan fingerprint density at radius 3 is 2.75 bits per heavy atom. The molecule has 0 aromatic rings. The fourth-order valence-corrected chi connectivity index (χ4v) is 2.01. The molecule has 1 aliphatic heterocycles. The zero-order chi connectivity index (χ0) is 9.14. The van der Waals surface area contributed by atoms with E-state index in [0.29, 0.717) is 17.7 Å². The first kappa shape index (κ1) is 10.0. The lowest BCUT2D eigenvalue weighted by molar-refractivity contribution is -0.128. The Hall–Kier alpha value is -0.0500. The number of carbonyl (C=O) groups excluding carboxylic acids is 1. The van der Waals surface area contributed by atoms with E-state index in [2.05, 4.69) is 29.8 Å². The van der Waals surface area contributed by atoms with Gasteiger partial charge in [0.2, 0.25) is 5.91 Å². The molecule has 0 bridgehead atoms. The Morgan fingerprint density at radius 2 is 2.33 bits per heavy atom. The molecular formula is C9H16BrNO. The maximum atomic E-state index is 11.4. The lowest BCUT2D eigenvalue weighted by atomic mass is 10.2. The summed E-state index contributed by atoms with van der Waals surface area (Å²) >= 11 is 3.42. The number of hydrogen-bond donors (Lipinski definition) is 0. The molecule has 0 saturated carbocycles. The highest BCUT2D eigenvalue weighted by Gasteiger charge is 2.28. The normalized spacial score (nSPS) is 24.2. The van der Waals surface area contributed by atoms with E-state index in [9.17, 15) is 4.79 Å². The zero-order valence-corrected chi connectivity index (χ0v) is 9.30. The summed E-state index contributed by atoms with van der Waals surface area (Å²) in [4.78, 5) is 13.4. The van der Waals surface area contributed by atoms with Gasteiger partial charge >= 0.3 is 0 Å². The summed E-state index contributed by atoms with van der Waals surface area (Å²) in [5.74, 6) is 1.45. The second-order valence-corrected chi connectivity index (χ2v) is 4.56. The lowest BCUT2D eigenvalue weighted by Gasteiger charge is -2.18. The van der Waals surface area contributed by atoms with E-state index in [1.165, 1.54) is 0 Å². The van der Waals surface area contributed by atoms with Crippen molar-refractivity contribution in [2.45, 2.75) is 20.3 Å². The molecule has 0 aromatic carbocycles. The van der Waals surface area contributed by atoms with Crippen LogP contribution in [0.2, 0.25) is 0 Å². The lowest BCUT2D eigenvalue weighted by Crippen LogP contribution is -2.29. The summed E-state index contributed by atoms with van der Waals surface area (Å²) < 4.78 is 0. The maximum Gasteiger partial charge on any atom is 0.222 e. The molecule has 1 heterocycles. The van der Waals surface area contributed by atoms with E-state index in [1.807, 2.05) is 4.90 Å². The molecule has 0 aliphatic carbocycles. The first-order chi connectivity index (χ1) is 5.63. The van der Waals surface area contributed by atoms with Crippen LogP contribution in [0.25, 0.3) is 0 Å². The van der Waals surface area contributed by atoms with Crippen LogP contribution in [0.3, 0.4) is 0 Å². The SMILES string of the molecule is CC(C)CN1CC(CBr)CC1=O. The standard InChI is InChI=1S/C9H16BrNO/c1-7(2)5-11-6-8(4-10)3-9(11)12/h7-8H,3-6H2,1-2H3. The van der Waals surface area contributed by atoms with Crippen LogP contribution in [0.5, 0.6) is 0 Å². The van der Waals surface area contributed by atoms with Crippen LogP contribution in [0.15, 0.2) is 0 Å². The molecule has 1 amide bonds. The molecule has 70 valence electrons. The first-order valence-corrected chi connectivity index (χ1v) is 5.59. The van der Waals surface area contributed by atoms with Gasteiger partial charge in [-0.15, -0.1) is 0 Å². The zero-order valence-electron chi connectivity index (χ0n) is 7.72. The number of hydrogen-bond acceptors (Lipinski definition) is 1. The van der Waals surface area contributed by atoms with Crippen LogP contribution < -0.4 is 0 Å². The van der Waals surface area contributed by atoms with E-state index in [1.54, 1.807) is 0 Å². The Morgan fingerprint density at radius 1 is 1.67 bits per heavy atom. The van der Waals surface area contributed by atoms with Gasteiger partial charge in [-0.25, -0.2) is 0 Å². The predicted octanol–water partition coefficient (Wildman–Crippen LogP) is 1.89. The third-order valence-corrected chi connectivity index (χ3v) is 3.01. The molecule has 12 heavy (non-hydrogen) atoms. The molecular weight excluding hydrogens is 218 g/mol. The number of nitrogens with zero attached hydrogens (tertiary/aromatic N) is 1. The summed E-state index contributed by atoms with van der Waals surface area (Å²) in [5, 5.41) is 0.952. The summed E-state index contributed by atoms with van der Waals surface area (Å²) in [6, 6.07) is 0. The van der Waals surface area contributed by atoms with E-state index >= 15 is 0 Å². The summed E-state index contributed by atoms with van der Waals surface area (Å²) in [6.07, 6.45) is 0.734. The summed E-state index contributed by atoms with van der Waals surface area (Å²) in [5.41, 5.74) is 0. The second kappa shape index (κ2) is 4.26. The minimum absolute atomic E-state index is 0.327. The third kappa shape index (κ3) is 2.47. The van der Waals surface area contributed by atoms with Gasteiger partial charge in [-0.05, 0) is 11.8 Å². The summed E-state index contributed by atoms with van der Waals surface area (Å²) in [7, 11) is 0. The number of likely N-dealkylation sites (tertiary alicyclic amines) is 1. The Bertz CT molecular complexity index is 170. The molecule has 0 N–H and O–H groups in total. The molecule has 0 radical (unpaired) electrons. The Balaban J connectivity index is 2.41. The molecule has 1 fully saturated rings. The van der Waals surface area contributed by atoms with Crippen LogP contribution >= 0.6 is 15.9 Å². The molecule has 3 heteroatoms. The van der Waals surface area contributed by atoms with E-state index in [0.717, 1.165) is 24.8 Å². The highest BCUT2D eigenvalue weighted by molar-refractivity contribution is 9.09. The van der Waals surface area contributed by atoms with Crippen molar-refractivity contribution >= 4 is 21.8 Å². The monoisotopic (exact) mass is 233 g/mol. The van der Waals surface area contributed by atoms with Gasteiger partial charge in [0.25, 0.3) is 0 Å². The highest BCUT2D eigenvalue weighted by Crippen LogP contribution is 2.20. The van der Waals surface area contributed by atoms with Crippen LogP contribution in [-0.2, 0) is 4.79 Å². The average molecular weight is 234 g/mol. The Kier molecular flexibility index (Phi) is 3.56. The van der Waals surface area contributed by atoms with Gasteiger partial charge in [-0.1, -0.05) is 29.8 Å². The molecule has 1 atom stereocenters. The van der Waals surface area contributed by atoms with Crippen LogP contribution in [-0.4, -0.2) is 29.2 Å². The second-order valence-electron chi connectivity index (χ2n) is 3.92. The van der Waals surface area contributed by atoms with Crippen molar-refractivity contribution in [3.05, 3.63) is 0 Å². The van der Waals surface area contributed by atoms with Crippen molar-refractivity contribution in [3.8, 4) is 0 Å². The minimum Gasteiger partial charge on any atom is -0.342 e. The van der Waals surface area contributed by atoms with Crippen LogP contribution in [0.4, 0.5) is 0 Å². The largest absolute Gasteiger partial charge is 0.342 e. The van der Waals surface area contributed by atoms with Crippen LogP contribution in [0, 0.1) is 11.8 Å². The number of halogens is 1.